The van der Waals surface area contributed by atoms with Crippen LogP contribution in [0, 0.1) is 0 Å². The molecule has 114 valence electrons. The zero-order valence-corrected chi connectivity index (χ0v) is 11.6. The van der Waals surface area contributed by atoms with Crippen LogP contribution in [-0.4, -0.2) is 27.2 Å². The lowest BCUT2D eigenvalue weighted by Gasteiger charge is -2.23. The van der Waals surface area contributed by atoms with Crippen molar-refractivity contribution in [3.8, 4) is 11.5 Å². The molecule has 1 amide bonds. The van der Waals surface area contributed by atoms with Crippen LogP contribution < -0.4 is 4.90 Å². The summed E-state index contributed by atoms with van der Waals surface area (Å²) >= 11 is 0. The number of amides is 1. The monoisotopic (exact) mass is 301 g/mol. The molecule has 0 radical (unpaired) electrons. The van der Waals surface area contributed by atoms with Gasteiger partial charge in [0.15, 0.2) is 0 Å². The maximum Gasteiger partial charge on any atom is 0.303 e. The van der Waals surface area contributed by atoms with Gasteiger partial charge in [0.25, 0.3) is 0 Å². The molecule has 0 spiro atoms. The van der Waals surface area contributed by atoms with Crippen LogP contribution in [0.4, 0.5) is 11.4 Å². The zero-order valence-electron chi connectivity index (χ0n) is 11.6. The maximum absolute atomic E-state index is 12.4. The van der Waals surface area contributed by atoms with Crippen molar-refractivity contribution in [2.24, 2.45) is 0 Å². The molecule has 0 aromatic heterocycles. The number of benzene rings is 2. The highest BCUT2D eigenvalue weighted by molar-refractivity contribution is 6.01. The van der Waals surface area contributed by atoms with Crippen LogP contribution in [0.3, 0.4) is 0 Å². The predicted octanol–water partition coefficient (Wildman–Crippen LogP) is 2.63. The molecule has 0 unspecified atom stereocenters. The summed E-state index contributed by atoms with van der Waals surface area (Å²) in [5, 5.41) is 27.9. The van der Waals surface area contributed by atoms with Crippen LogP contribution in [0.2, 0.25) is 0 Å². The molecule has 3 N–H and O–H groups in total. The number of aromatic hydroxyl groups is 2. The fraction of sp³-hybridized carbons (Fsp3) is 0.125. The number of carbonyl (C=O) groups is 2. The van der Waals surface area contributed by atoms with E-state index in [1.54, 1.807) is 24.3 Å². The van der Waals surface area contributed by atoms with E-state index in [-0.39, 0.29) is 24.3 Å². The van der Waals surface area contributed by atoms with Gasteiger partial charge >= 0.3 is 5.97 Å². The molecule has 2 rings (SSSR count). The zero-order chi connectivity index (χ0) is 16.1. The number of anilines is 2. The molecule has 0 aliphatic rings. The van der Waals surface area contributed by atoms with Gasteiger partial charge in [-0.1, -0.05) is 12.1 Å². The molecule has 2 aromatic carbocycles. The number of hydrogen-bond acceptors (Lipinski definition) is 4. The molecule has 0 atom stereocenters. The maximum atomic E-state index is 12.4. The first-order valence-corrected chi connectivity index (χ1v) is 6.60. The van der Waals surface area contributed by atoms with Gasteiger partial charge in [-0.15, -0.1) is 0 Å². The fourth-order valence-corrected chi connectivity index (χ4v) is 2.03. The molecule has 2 aromatic rings. The van der Waals surface area contributed by atoms with Gasteiger partial charge in [-0.25, -0.2) is 0 Å². The normalized spacial score (nSPS) is 10.2. The van der Waals surface area contributed by atoms with Gasteiger partial charge in [0, 0.05) is 18.6 Å². The van der Waals surface area contributed by atoms with Gasteiger partial charge in [-0.05, 0) is 24.3 Å². The molecule has 0 heterocycles. The molecule has 6 nitrogen and oxygen atoms in total. The quantitative estimate of drug-likeness (QED) is 0.788. The number of phenols is 2. The lowest BCUT2D eigenvalue weighted by atomic mass is 10.2. The van der Waals surface area contributed by atoms with E-state index in [2.05, 4.69) is 0 Å². The third-order valence-corrected chi connectivity index (χ3v) is 2.98. The van der Waals surface area contributed by atoms with E-state index in [1.807, 2.05) is 0 Å². The van der Waals surface area contributed by atoms with Crippen LogP contribution >= 0.6 is 0 Å². The minimum atomic E-state index is -1.07. The van der Waals surface area contributed by atoms with E-state index in [1.165, 1.54) is 29.2 Å². The summed E-state index contributed by atoms with van der Waals surface area (Å²) in [5.74, 6) is -1.55. The summed E-state index contributed by atoms with van der Waals surface area (Å²) in [4.78, 5) is 24.3. The summed E-state index contributed by atoms with van der Waals surface area (Å²) < 4.78 is 0. The first-order valence-electron chi connectivity index (χ1n) is 6.60. The van der Waals surface area contributed by atoms with Crippen molar-refractivity contribution in [1.82, 2.24) is 0 Å². The molecule has 0 saturated heterocycles. The van der Waals surface area contributed by atoms with Gasteiger partial charge in [0.2, 0.25) is 5.91 Å². The van der Waals surface area contributed by atoms with E-state index >= 15 is 0 Å². The van der Waals surface area contributed by atoms with Crippen LogP contribution in [-0.2, 0) is 9.59 Å². The van der Waals surface area contributed by atoms with Gasteiger partial charge in [-0.3, -0.25) is 14.5 Å². The molecular formula is C16H15NO5. The Morgan fingerprint density at radius 2 is 1.36 bits per heavy atom. The average molecular weight is 301 g/mol. The summed E-state index contributed by atoms with van der Waals surface area (Å²) in [6.45, 7) is 0. The smallest absolute Gasteiger partial charge is 0.303 e. The Kier molecular flexibility index (Phi) is 4.63. The highest BCUT2D eigenvalue weighted by Gasteiger charge is 2.19. The van der Waals surface area contributed by atoms with Crippen molar-refractivity contribution >= 4 is 23.3 Å². The second-order valence-corrected chi connectivity index (χ2v) is 4.66. The third kappa shape index (κ3) is 3.76. The SMILES string of the molecule is O=C(O)CCC(=O)N(c1cccc(O)c1)c1cccc(O)c1. The van der Waals surface area contributed by atoms with E-state index in [9.17, 15) is 19.8 Å². The van der Waals surface area contributed by atoms with Gasteiger partial charge in [-0.2, -0.15) is 0 Å². The van der Waals surface area contributed by atoms with Crippen molar-refractivity contribution < 1.29 is 24.9 Å². The molecule has 6 heteroatoms. The fourth-order valence-electron chi connectivity index (χ4n) is 2.03. The summed E-state index contributed by atoms with van der Waals surface area (Å²) in [6.07, 6.45) is -0.492. The summed E-state index contributed by atoms with van der Waals surface area (Å²) in [6, 6.07) is 12.1. The predicted molar refractivity (Wildman–Crippen MR) is 80.2 cm³/mol. The first kappa shape index (κ1) is 15.4. The molecule has 22 heavy (non-hydrogen) atoms. The number of aliphatic carboxylic acids is 1. The number of nitrogens with zero attached hydrogens (tertiary/aromatic N) is 1. The minimum absolute atomic E-state index is 0.0197. The van der Waals surface area contributed by atoms with Crippen molar-refractivity contribution in [1.29, 1.82) is 0 Å². The Bertz CT molecular complexity index is 653. The standard InChI is InChI=1S/C16H15NO5/c18-13-5-1-3-11(9-13)17(15(20)7-8-16(21)22)12-4-2-6-14(19)10-12/h1-6,9-10,18-19H,7-8H2,(H,21,22). The number of carboxylic acid groups (broad SMARTS) is 1. The molecule has 0 aliphatic heterocycles. The number of carbonyl (C=O) groups excluding carboxylic acids is 1. The summed E-state index contributed by atoms with van der Waals surface area (Å²) in [5.41, 5.74) is 0.780. The topological polar surface area (TPSA) is 98.1 Å². The Hall–Kier alpha value is -3.02. The number of hydrogen-bond donors (Lipinski definition) is 3. The van der Waals surface area contributed by atoms with Crippen molar-refractivity contribution in [2.45, 2.75) is 12.8 Å². The molecule has 0 saturated carbocycles. The second kappa shape index (κ2) is 6.62. The largest absolute Gasteiger partial charge is 0.508 e. The Balaban J connectivity index is 2.40. The number of rotatable bonds is 5. The minimum Gasteiger partial charge on any atom is -0.508 e. The highest BCUT2D eigenvalue weighted by atomic mass is 16.4. The third-order valence-electron chi connectivity index (χ3n) is 2.98. The Morgan fingerprint density at radius 1 is 0.864 bits per heavy atom. The molecule has 0 aliphatic carbocycles. The van der Waals surface area contributed by atoms with Crippen molar-refractivity contribution in [3.63, 3.8) is 0 Å². The Labute approximate surface area is 126 Å². The van der Waals surface area contributed by atoms with E-state index in [0.717, 1.165) is 0 Å². The lowest BCUT2D eigenvalue weighted by molar-refractivity contribution is -0.138. The lowest BCUT2D eigenvalue weighted by Crippen LogP contribution is -2.26. The highest BCUT2D eigenvalue weighted by Crippen LogP contribution is 2.30. The number of phenolic OH excluding ortho intramolecular Hbond substituents is 2. The van der Waals surface area contributed by atoms with E-state index in [0.29, 0.717) is 11.4 Å². The van der Waals surface area contributed by atoms with Crippen LogP contribution in [0.5, 0.6) is 11.5 Å². The van der Waals surface area contributed by atoms with Crippen LogP contribution in [0.15, 0.2) is 48.5 Å². The van der Waals surface area contributed by atoms with Gasteiger partial charge < -0.3 is 15.3 Å². The molecule has 0 fully saturated rings. The van der Waals surface area contributed by atoms with Crippen LogP contribution in [0.25, 0.3) is 0 Å². The molecular weight excluding hydrogens is 286 g/mol. The van der Waals surface area contributed by atoms with E-state index in [4.69, 9.17) is 5.11 Å². The van der Waals surface area contributed by atoms with Crippen molar-refractivity contribution in [2.75, 3.05) is 4.90 Å². The number of carboxylic acids is 1. The Morgan fingerprint density at radius 3 is 1.77 bits per heavy atom. The van der Waals surface area contributed by atoms with Crippen molar-refractivity contribution in [3.05, 3.63) is 48.5 Å². The van der Waals surface area contributed by atoms with Gasteiger partial charge in [0.1, 0.15) is 11.5 Å². The summed E-state index contributed by atoms with van der Waals surface area (Å²) in [7, 11) is 0. The average Bonchev–Trinajstić information content (AvgIpc) is 2.45. The van der Waals surface area contributed by atoms with Gasteiger partial charge in [0.05, 0.1) is 17.8 Å². The second-order valence-electron chi connectivity index (χ2n) is 4.66. The first-order chi connectivity index (χ1) is 10.5. The molecule has 0 bridgehead atoms. The van der Waals surface area contributed by atoms with Crippen LogP contribution in [0.1, 0.15) is 12.8 Å². The van der Waals surface area contributed by atoms with E-state index < -0.39 is 11.9 Å².